The van der Waals surface area contributed by atoms with Gasteiger partial charge in [0.25, 0.3) is 5.91 Å². The molecule has 1 unspecified atom stereocenters. The quantitative estimate of drug-likeness (QED) is 0.699. The maximum Gasteiger partial charge on any atom is 0.257 e. The molecule has 0 radical (unpaired) electrons. The highest BCUT2D eigenvalue weighted by Crippen LogP contribution is 2.38. The number of carbonyl (C=O) groups is 1. The average Bonchev–Trinajstić information content (AvgIpc) is 2.78. The molecule has 0 spiro atoms. The van der Waals surface area contributed by atoms with Gasteiger partial charge < -0.3 is 9.80 Å². The van der Waals surface area contributed by atoms with Crippen LogP contribution in [0.3, 0.4) is 0 Å². The van der Waals surface area contributed by atoms with Gasteiger partial charge in [-0.3, -0.25) is 14.0 Å². The van der Waals surface area contributed by atoms with E-state index in [1.165, 1.54) is 12.3 Å². The molecule has 0 N–H and O–H groups in total. The Balaban J connectivity index is 1.74. The van der Waals surface area contributed by atoms with E-state index in [4.69, 9.17) is 0 Å². The van der Waals surface area contributed by atoms with Crippen LogP contribution in [0.5, 0.6) is 0 Å². The van der Waals surface area contributed by atoms with Gasteiger partial charge in [-0.25, -0.2) is 8.78 Å². The van der Waals surface area contributed by atoms with Gasteiger partial charge in [-0.15, -0.1) is 0 Å². The van der Waals surface area contributed by atoms with Crippen molar-refractivity contribution in [2.75, 3.05) is 37.3 Å². The lowest BCUT2D eigenvalue weighted by Gasteiger charge is -2.38. The van der Waals surface area contributed by atoms with E-state index >= 15 is 0 Å². The van der Waals surface area contributed by atoms with E-state index in [-0.39, 0.29) is 22.1 Å². The second-order valence-corrected chi connectivity index (χ2v) is 10.6. The molecule has 3 heterocycles. The van der Waals surface area contributed by atoms with Crippen molar-refractivity contribution in [3.8, 4) is 6.07 Å². The van der Waals surface area contributed by atoms with Crippen LogP contribution in [0.2, 0.25) is 0 Å². The molecule has 2 aliphatic heterocycles. The average molecular weight is 461 g/mol. The van der Waals surface area contributed by atoms with Crippen LogP contribution in [0.1, 0.15) is 43.0 Å². The molecule has 0 aliphatic carbocycles. The smallest absolute Gasteiger partial charge is 0.257 e. The zero-order chi connectivity index (χ0) is 23.0. The second-order valence-electron chi connectivity index (χ2n) is 8.95. The predicted octanol–water partition coefficient (Wildman–Crippen LogP) is 3.63. The maximum atomic E-state index is 14.5. The summed E-state index contributed by atoms with van der Waals surface area (Å²) in [5.74, 6) is -1.74. The predicted molar refractivity (Wildman–Crippen MR) is 120 cm³/mol. The van der Waals surface area contributed by atoms with Crippen molar-refractivity contribution in [2.24, 2.45) is 5.41 Å². The van der Waals surface area contributed by atoms with Crippen molar-refractivity contribution >= 4 is 33.3 Å². The Hall–Kier alpha value is -2.60. The number of nitriles is 1. The van der Waals surface area contributed by atoms with E-state index in [1.54, 1.807) is 11.2 Å². The van der Waals surface area contributed by atoms with Crippen LogP contribution in [0.15, 0.2) is 18.3 Å². The van der Waals surface area contributed by atoms with E-state index in [9.17, 15) is 23.0 Å². The number of rotatable bonds is 3. The molecule has 2 aromatic rings. The lowest BCUT2D eigenvalue weighted by Crippen LogP contribution is -2.43. The first-order chi connectivity index (χ1) is 15.2. The Morgan fingerprint density at radius 1 is 1.22 bits per heavy atom. The minimum atomic E-state index is -0.933. The van der Waals surface area contributed by atoms with Crippen LogP contribution in [-0.4, -0.2) is 57.7 Å². The summed E-state index contributed by atoms with van der Waals surface area (Å²) in [5, 5.41) is 9.80. The number of nitrogens with zero attached hydrogens (tertiary/aromatic N) is 4. The molecule has 6 nitrogen and oxygen atoms in total. The molecule has 1 amide bonds. The van der Waals surface area contributed by atoms with Gasteiger partial charge in [0.05, 0.1) is 22.7 Å². The molecular weight excluding hydrogens is 434 g/mol. The number of anilines is 1. The number of benzene rings is 1. The maximum absolute atomic E-state index is 14.5. The van der Waals surface area contributed by atoms with Crippen molar-refractivity contribution in [1.82, 2.24) is 9.88 Å². The van der Waals surface area contributed by atoms with Crippen LogP contribution < -0.4 is 4.90 Å². The summed E-state index contributed by atoms with van der Waals surface area (Å²) in [5.41, 5.74) is 0.336. The highest BCUT2D eigenvalue weighted by atomic mass is 32.2. The number of likely N-dealkylation sites (tertiary alicyclic amines) is 1. The van der Waals surface area contributed by atoms with Gasteiger partial charge in [-0.05, 0) is 38.7 Å². The van der Waals surface area contributed by atoms with Gasteiger partial charge in [-0.1, -0.05) is 0 Å². The second kappa shape index (κ2) is 8.74. The Morgan fingerprint density at radius 3 is 2.47 bits per heavy atom. The third kappa shape index (κ3) is 4.20. The van der Waals surface area contributed by atoms with Gasteiger partial charge in [0, 0.05) is 66.1 Å². The number of halogens is 2. The van der Waals surface area contributed by atoms with E-state index in [2.05, 4.69) is 11.1 Å². The van der Waals surface area contributed by atoms with E-state index < -0.39 is 27.8 Å². The fourth-order valence-electron chi connectivity index (χ4n) is 4.61. The molecule has 170 valence electrons. The minimum Gasteiger partial charge on any atom is -0.370 e. The monoisotopic (exact) mass is 460 g/mol. The summed E-state index contributed by atoms with van der Waals surface area (Å²) >= 11 is 0. The number of fused-ring (bicyclic) bond motifs is 1. The first-order valence-corrected chi connectivity index (χ1v) is 12.4. The zero-order valence-electron chi connectivity index (χ0n) is 18.2. The van der Waals surface area contributed by atoms with Crippen LogP contribution >= 0.6 is 0 Å². The van der Waals surface area contributed by atoms with Crippen molar-refractivity contribution < 1.29 is 17.8 Å². The number of hydrogen-bond acceptors (Lipinski definition) is 5. The Morgan fingerprint density at radius 2 is 1.88 bits per heavy atom. The third-order valence-corrected chi connectivity index (χ3v) is 8.15. The summed E-state index contributed by atoms with van der Waals surface area (Å²) in [6.45, 7) is 3.86. The molecule has 9 heteroatoms. The van der Waals surface area contributed by atoms with Gasteiger partial charge in [0.15, 0.2) is 5.82 Å². The van der Waals surface area contributed by atoms with Crippen LogP contribution in [0.25, 0.3) is 10.9 Å². The van der Waals surface area contributed by atoms with Crippen molar-refractivity contribution in [2.45, 2.75) is 37.9 Å². The van der Waals surface area contributed by atoms with Gasteiger partial charge in [-0.2, -0.15) is 5.26 Å². The lowest BCUT2D eigenvalue weighted by atomic mass is 9.81. The molecule has 2 fully saturated rings. The number of pyridine rings is 1. The van der Waals surface area contributed by atoms with Crippen molar-refractivity contribution in [3.63, 3.8) is 0 Å². The topological polar surface area (TPSA) is 77.3 Å². The van der Waals surface area contributed by atoms with Crippen molar-refractivity contribution in [3.05, 3.63) is 35.5 Å². The highest BCUT2D eigenvalue weighted by Gasteiger charge is 2.34. The first kappa shape index (κ1) is 22.6. The Labute approximate surface area is 188 Å². The number of piperidine rings is 2. The Kier molecular flexibility index (Phi) is 6.17. The molecule has 1 atom stereocenters. The molecular formula is C23H26F2N4O2S. The zero-order valence-corrected chi connectivity index (χ0v) is 19.1. The summed E-state index contributed by atoms with van der Waals surface area (Å²) in [4.78, 5) is 21.3. The van der Waals surface area contributed by atoms with E-state index in [0.717, 1.165) is 6.07 Å². The molecule has 2 saturated heterocycles. The molecule has 4 rings (SSSR count). The van der Waals surface area contributed by atoms with Crippen LogP contribution in [-0.2, 0) is 10.8 Å². The van der Waals surface area contributed by atoms with E-state index in [1.807, 2.05) is 11.8 Å². The van der Waals surface area contributed by atoms with Gasteiger partial charge >= 0.3 is 0 Å². The van der Waals surface area contributed by atoms with Crippen LogP contribution in [0, 0.1) is 28.4 Å². The molecule has 2 aliphatic rings. The molecule has 32 heavy (non-hydrogen) atoms. The van der Waals surface area contributed by atoms with Crippen LogP contribution in [0.4, 0.5) is 14.5 Å². The van der Waals surface area contributed by atoms with Crippen molar-refractivity contribution in [1.29, 1.82) is 5.26 Å². The molecule has 0 bridgehead atoms. The minimum absolute atomic E-state index is 0.0201. The summed E-state index contributed by atoms with van der Waals surface area (Å²) in [7, 11) is -0.933. The summed E-state index contributed by atoms with van der Waals surface area (Å²) in [6, 6.07) is 4.37. The lowest BCUT2D eigenvalue weighted by molar-refractivity contribution is 0.0727. The fourth-order valence-corrected chi connectivity index (χ4v) is 5.48. The SMILES string of the molecule is CS(=O)C1CCN(C(=O)c2cnc3c(F)cc(F)cc3c2N2CCC(C)(C#N)CC2)CC1. The molecule has 0 saturated carbocycles. The number of carbonyl (C=O) groups excluding carboxylic acids is 1. The number of amides is 1. The van der Waals surface area contributed by atoms with E-state index in [0.29, 0.717) is 63.1 Å². The van der Waals surface area contributed by atoms with Gasteiger partial charge in [0.2, 0.25) is 0 Å². The first-order valence-electron chi connectivity index (χ1n) is 10.8. The molecule has 1 aromatic heterocycles. The fraction of sp³-hybridized carbons (Fsp3) is 0.522. The summed E-state index contributed by atoms with van der Waals surface area (Å²) < 4.78 is 40.5. The molecule has 1 aromatic carbocycles. The Bertz CT molecular complexity index is 1120. The number of hydrogen-bond donors (Lipinski definition) is 0. The third-order valence-electron chi connectivity index (χ3n) is 6.74. The highest BCUT2D eigenvalue weighted by molar-refractivity contribution is 7.84. The largest absolute Gasteiger partial charge is 0.370 e. The summed E-state index contributed by atoms with van der Waals surface area (Å²) in [6.07, 6.45) is 5.54. The standard InChI is InChI=1S/C23H26F2N4O2S/c1-23(14-26)5-9-28(10-6-23)21-17-11-15(24)12-19(25)20(17)27-13-18(21)22(30)29-7-3-16(4-8-29)32(2)31/h11-13,16H,3-10H2,1-2H3. The van der Waals surface area contributed by atoms with Gasteiger partial charge in [0.1, 0.15) is 11.3 Å². The normalized spacial score (nSPS) is 20.2. The number of aromatic nitrogens is 1.